The van der Waals surface area contributed by atoms with Crippen LogP contribution >= 0.6 is 0 Å². The van der Waals surface area contributed by atoms with Crippen LogP contribution in [-0.4, -0.2) is 18.6 Å². The number of hydrogen-bond donors (Lipinski definition) is 1. The Balaban J connectivity index is 1.63. The van der Waals surface area contributed by atoms with Gasteiger partial charge in [-0.15, -0.1) is 10.2 Å². The maximum Gasteiger partial charge on any atom is 0.247 e. The molecule has 0 unspecified atom stereocenters. The van der Waals surface area contributed by atoms with Crippen LogP contribution in [0.25, 0.3) is 11.5 Å². The molecule has 1 aromatic heterocycles. The molecule has 0 atom stereocenters. The van der Waals surface area contributed by atoms with Crippen molar-refractivity contribution < 1.29 is 12.8 Å². The lowest BCUT2D eigenvalue weighted by atomic mass is 10.1. The van der Waals surface area contributed by atoms with Crippen molar-refractivity contribution in [1.82, 2.24) is 10.2 Å². The van der Waals surface area contributed by atoms with Crippen molar-refractivity contribution in [2.45, 2.75) is 24.2 Å². The van der Waals surface area contributed by atoms with Crippen molar-refractivity contribution in [3.8, 4) is 11.5 Å². The molecule has 0 aliphatic carbocycles. The predicted molar refractivity (Wildman–Crippen MR) is 89.6 cm³/mol. The zero-order valence-electron chi connectivity index (χ0n) is 12.9. The highest BCUT2D eigenvalue weighted by Gasteiger charge is 2.11. The first-order chi connectivity index (χ1) is 11.5. The van der Waals surface area contributed by atoms with Gasteiger partial charge >= 0.3 is 0 Å². The van der Waals surface area contributed by atoms with Crippen molar-refractivity contribution >= 4 is 10.0 Å². The lowest BCUT2D eigenvalue weighted by Crippen LogP contribution is -2.11. The van der Waals surface area contributed by atoms with Crippen molar-refractivity contribution in [3.05, 3.63) is 66.1 Å². The topological polar surface area (TPSA) is 99.1 Å². The molecule has 6 nitrogen and oxygen atoms in total. The zero-order valence-corrected chi connectivity index (χ0v) is 13.7. The van der Waals surface area contributed by atoms with Gasteiger partial charge in [0.15, 0.2) is 0 Å². The minimum atomic E-state index is -3.70. The summed E-state index contributed by atoms with van der Waals surface area (Å²) in [6, 6.07) is 16.3. The molecule has 0 aliphatic heterocycles. The molecule has 24 heavy (non-hydrogen) atoms. The fraction of sp³-hybridized carbons (Fsp3) is 0.176. The Morgan fingerprint density at radius 1 is 0.917 bits per heavy atom. The highest BCUT2D eigenvalue weighted by molar-refractivity contribution is 7.89. The molecule has 0 spiro atoms. The number of aryl methyl sites for hydroxylation is 2. The molecule has 2 aromatic carbocycles. The summed E-state index contributed by atoms with van der Waals surface area (Å²) in [6.07, 6.45) is 2.55. The van der Waals surface area contributed by atoms with E-state index in [2.05, 4.69) is 22.3 Å². The Kier molecular flexibility index (Phi) is 4.73. The molecule has 3 rings (SSSR count). The Bertz CT molecular complexity index is 904. The molecule has 7 heteroatoms. The molecule has 0 fully saturated rings. The van der Waals surface area contributed by atoms with E-state index in [0.29, 0.717) is 23.8 Å². The van der Waals surface area contributed by atoms with Crippen LogP contribution in [-0.2, 0) is 22.9 Å². The first-order valence-corrected chi connectivity index (χ1v) is 9.06. The van der Waals surface area contributed by atoms with Gasteiger partial charge in [0.25, 0.3) is 0 Å². The van der Waals surface area contributed by atoms with E-state index in [1.54, 1.807) is 12.1 Å². The van der Waals surface area contributed by atoms with E-state index in [9.17, 15) is 8.42 Å². The van der Waals surface area contributed by atoms with Gasteiger partial charge in [-0.25, -0.2) is 13.6 Å². The van der Waals surface area contributed by atoms with Crippen LogP contribution in [0.3, 0.4) is 0 Å². The number of aromatic nitrogens is 2. The third kappa shape index (κ3) is 4.06. The van der Waals surface area contributed by atoms with Gasteiger partial charge < -0.3 is 4.42 Å². The molecule has 0 amide bonds. The third-order valence-corrected chi connectivity index (χ3v) is 4.52. The second kappa shape index (κ2) is 6.94. The minimum Gasteiger partial charge on any atom is -0.421 e. The average molecular weight is 343 g/mol. The molecule has 0 saturated carbocycles. The maximum absolute atomic E-state index is 11.2. The Labute approximate surface area is 140 Å². The fourth-order valence-corrected chi connectivity index (χ4v) is 2.86. The van der Waals surface area contributed by atoms with E-state index in [4.69, 9.17) is 9.56 Å². The van der Waals surface area contributed by atoms with Crippen molar-refractivity contribution in [3.63, 3.8) is 0 Å². The number of rotatable bonds is 6. The number of primary sulfonamides is 1. The summed E-state index contributed by atoms with van der Waals surface area (Å²) in [4.78, 5) is 0.0499. The van der Waals surface area contributed by atoms with Gasteiger partial charge in [-0.3, -0.25) is 0 Å². The number of benzene rings is 2. The zero-order chi connectivity index (χ0) is 17.0. The number of nitrogens with two attached hydrogens (primary N) is 1. The standard InChI is InChI=1S/C17H17N3O3S/c18-24(21,22)15-11-9-14(10-12-15)17-20-19-16(23-17)8-4-7-13-5-2-1-3-6-13/h1-3,5-6,9-12H,4,7-8H2,(H2,18,21,22). The second-order valence-corrected chi connectivity index (χ2v) is 6.97. The quantitative estimate of drug-likeness (QED) is 0.741. The van der Waals surface area contributed by atoms with Crippen LogP contribution in [0, 0.1) is 0 Å². The maximum atomic E-state index is 11.2. The predicted octanol–water partition coefficient (Wildman–Crippen LogP) is 2.56. The van der Waals surface area contributed by atoms with Crippen LogP contribution in [0.15, 0.2) is 63.9 Å². The number of nitrogens with zero attached hydrogens (tertiary/aromatic N) is 2. The SMILES string of the molecule is NS(=O)(=O)c1ccc(-c2nnc(CCCc3ccccc3)o2)cc1. The summed E-state index contributed by atoms with van der Waals surface area (Å²) in [6.45, 7) is 0. The van der Waals surface area contributed by atoms with E-state index >= 15 is 0 Å². The summed E-state index contributed by atoms with van der Waals surface area (Å²) in [5.74, 6) is 0.933. The fourth-order valence-electron chi connectivity index (χ4n) is 2.35. The minimum absolute atomic E-state index is 0.0499. The van der Waals surface area contributed by atoms with Crippen molar-refractivity contribution in [1.29, 1.82) is 0 Å². The van der Waals surface area contributed by atoms with Crippen LogP contribution in [0.2, 0.25) is 0 Å². The molecule has 2 N–H and O–H groups in total. The second-order valence-electron chi connectivity index (χ2n) is 5.41. The largest absolute Gasteiger partial charge is 0.421 e. The van der Waals surface area contributed by atoms with Gasteiger partial charge in [-0.2, -0.15) is 0 Å². The van der Waals surface area contributed by atoms with Gasteiger partial charge in [-0.1, -0.05) is 30.3 Å². The first kappa shape index (κ1) is 16.4. The van der Waals surface area contributed by atoms with Crippen LogP contribution in [0.4, 0.5) is 0 Å². The van der Waals surface area contributed by atoms with Crippen molar-refractivity contribution in [2.24, 2.45) is 5.14 Å². The number of sulfonamides is 1. The van der Waals surface area contributed by atoms with E-state index in [1.165, 1.54) is 17.7 Å². The Hall–Kier alpha value is -2.51. The van der Waals surface area contributed by atoms with Gasteiger partial charge in [0, 0.05) is 12.0 Å². The molecule has 1 heterocycles. The normalized spacial score (nSPS) is 11.5. The summed E-state index contributed by atoms with van der Waals surface area (Å²) in [5.41, 5.74) is 1.93. The monoisotopic (exact) mass is 343 g/mol. The summed E-state index contributed by atoms with van der Waals surface area (Å²) in [5, 5.41) is 13.1. The molecule has 124 valence electrons. The van der Waals surface area contributed by atoms with Crippen LogP contribution in [0.5, 0.6) is 0 Å². The van der Waals surface area contributed by atoms with E-state index in [0.717, 1.165) is 12.8 Å². The van der Waals surface area contributed by atoms with Gasteiger partial charge in [0.05, 0.1) is 4.90 Å². The van der Waals surface area contributed by atoms with Gasteiger partial charge in [-0.05, 0) is 42.7 Å². The van der Waals surface area contributed by atoms with E-state index in [-0.39, 0.29) is 4.90 Å². The first-order valence-electron chi connectivity index (χ1n) is 7.52. The lowest BCUT2D eigenvalue weighted by molar-refractivity contribution is 0.497. The molecule has 0 bridgehead atoms. The van der Waals surface area contributed by atoms with Crippen LogP contribution < -0.4 is 5.14 Å². The van der Waals surface area contributed by atoms with Crippen LogP contribution in [0.1, 0.15) is 17.9 Å². The molecule has 0 saturated heterocycles. The summed E-state index contributed by atoms with van der Waals surface area (Å²) < 4.78 is 28.1. The number of hydrogen-bond acceptors (Lipinski definition) is 5. The molecule has 3 aromatic rings. The third-order valence-electron chi connectivity index (χ3n) is 3.60. The van der Waals surface area contributed by atoms with Gasteiger partial charge in [0.1, 0.15) is 0 Å². The smallest absolute Gasteiger partial charge is 0.247 e. The van der Waals surface area contributed by atoms with Gasteiger partial charge in [0.2, 0.25) is 21.8 Å². The van der Waals surface area contributed by atoms with E-state index in [1.807, 2.05) is 18.2 Å². The average Bonchev–Trinajstić information content (AvgIpc) is 3.04. The summed E-state index contributed by atoms with van der Waals surface area (Å²) in [7, 11) is -3.70. The Morgan fingerprint density at radius 2 is 1.62 bits per heavy atom. The molecular weight excluding hydrogens is 326 g/mol. The summed E-state index contributed by atoms with van der Waals surface area (Å²) >= 11 is 0. The lowest BCUT2D eigenvalue weighted by Gasteiger charge is -1.99. The molecule has 0 aliphatic rings. The Morgan fingerprint density at radius 3 is 2.29 bits per heavy atom. The highest BCUT2D eigenvalue weighted by atomic mass is 32.2. The molecular formula is C17H17N3O3S. The highest BCUT2D eigenvalue weighted by Crippen LogP contribution is 2.20. The van der Waals surface area contributed by atoms with Crippen molar-refractivity contribution in [2.75, 3.05) is 0 Å². The van der Waals surface area contributed by atoms with E-state index < -0.39 is 10.0 Å². The molecule has 0 radical (unpaired) electrons.